The molecule has 2 aromatic carbocycles. The second kappa shape index (κ2) is 9.73. The predicted molar refractivity (Wildman–Crippen MR) is 123 cm³/mol. The topological polar surface area (TPSA) is 117 Å². The molecule has 0 bridgehead atoms. The summed E-state index contributed by atoms with van der Waals surface area (Å²) in [5, 5.41) is 12.1. The summed E-state index contributed by atoms with van der Waals surface area (Å²) >= 11 is 0. The Labute approximate surface area is 194 Å². The number of methoxy groups -OCH3 is 1. The molecule has 33 heavy (non-hydrogen) atoms. The normalized spacial score (nSPS) is 15.5. The van der Waals surface area contributed by atoms with E-state index in [-0.39, 0.29) is 35.4 Å². The van der Waals surface area contributed by atoms with E-state index < -0.39 is 21.4 Å². The number of hydrogen-bond acceptors (Lipinski definition) is 6. The van der Waals surface area contributed by atoms with Gasteiger partial charge in [-0.1, -0.05) is 24.3 Å². The van der Waals surface area contributed by atoms with Crippen molar-refractivity contribution in [1.82, 2.24) is 4.31 Å². The van der Waals surface area contributed by atoms with Gasteiger partial charge in [0.05, 0.1) is 29.1 Å². The number of nitrogens with one attached hydrogen (secondary N) is 1. The van der Waals surface area contributed by atoms with E-state index >= 15 is 0 Å². The van der Waals surface area contributed by atoms with E-state index in [1.54, 1.807) is 24.3 Å². The fourth-order valence-corrected chi connectivity index (χ4v) is 5.40. The van der Waals surface area contributed by atoms with Gasteiger partial charge < -0.3 is 10.1 Å². The molecule has 0 spiro atoms. The Morgan fingerprint density at radius 3 is 2.27 bits per heavy atom. The molecule has 2 aromatic rings. The highest BCUT2D eigenvalue weighted by Gasteiger charge is 2.34. The fourth-order valence-electron chi connectivity index (χ4n) is 3.75. The minimum Gasteiger partial charge on any atom is -0.465 e. The number of nitriles is 1. The number of amides is 1. The summed E-state index contributed by atoms with van der Waals surface area (Å²) in [6, 6.07) is 15.3. The fraction of sp³-hybridized carbons (Fsp3) is 0.375. The molecule has 0 unspecified atom stereocenters. The molecule has 9 heteroatoms. The number of ether oxygens (including phenoxy) is 1. The van der Waals surface area contributed by atoms with Gasteiger partial charge in [-0.25, -0.2) is 13.2 Å². The van der Waals surface area contributed by atoms with Gasteiger partial charge in [0, 0.05) is 24.7 Å². The molecule has 1 amide bonds. The quantitative estimate of drug-likeness (QED) is 0.649. The van der Waals surface area contributed by atoms with Gasteiger partial charge in [-0.05, 0) is 56.5 Å². The number of piperidine rings is 1. The monoisotopic (exact) mass is 469 g/mol. The first-order valence-corrected chi connectivity index (χ1v) is 12.0. The molecule has 1 N–H and O–H groups in total. The summed E-state index contributed by atoms with van der Waals surface area (Å²) < 4.78 is 32.3. The first kappa shape index (κ1) is 24.4. The average molecular weight is 470 g/mol. The Hall–Kier alpha value is -3.22. The second-order valence-electron chi connectivity index (χ2n) is 8.47. The third-order valence-electron chi connectivity index (χ3n) is 5.89. The number of rotatable bonds is 6. The van der Waals surface area contributed by atoms with Crippen LogP contribution in [0.25, 0.3) is 0 Å². The molecule has 1 fully saturated rings. The molecular weight excluding hydrogens is 442 g/mol. The van der Waals surface area contributed by atoms with Crippen LogP contribution in [0.15, 0.2) is 53.4 Å². The van der Waals surface area contributed by atoms with Crippen LogP contribution in [0.3, 0.4) is 0 Å². The molecule has 8 nitrogen and oxygen atoms in total. The maximum absolute atomic E-state index is 13.1. The van der Waals surface area contributed by atoms with Crippen molar-refractivity contribution in [3.8, 4) is 6.07 Å². The van der Waals surface area contributed by atoms with Crippen molar-refractivity contribution in [3.05, 3.63) is 59.7 Å². The molecule has 0 saturated carbocycles. The van der Waals surface area contributed by atoms with Gasteiger partial charge in [0.1, 0.15) is 0 Å². The lowest BCUT2D eigenvalue weighted by Crippen LogP contribution is -2.41. The van der Waals surface area contributed by atoms with Crippen molar-refractivity contribution >= 4 is 27.6 Å². The van der Waals surface area contributed by atoms with Crippen molar-refractivity contribution < 1.29 is 22.7 Å². The number of esters is 1. The van der Waals surface area contributed by atoms with E-state index in [0.717, 1.165) is 5.56 Å². The first-order valence-electron chi connectivity index (χ1n) is 10.6. The summed E-state index contributed by atoms with van der Waals surface area (Å²) in [6.45, 7) is 3.99. The Morgan fingerprint density at radius 2 is 1.70 bits per heavy atom. The zero-order valence-corrected chi connectivity index (χ0v) is 19.7. The summed E-state index contributed by atoms with van der Waals surface area (Å²) in [5.74, 6) is -1.22. The summed E-state index contributed by atoms with van der Waals surface area (Å²) in [7, 11) is -2.70. The maximum Gasteiger partial charge on any atom is 0.339 e. The van der Waals surface area contributed by atoms with Crippen molar-refractivity contribution in [2.45, 2.75) is 37.0 Å². The minimum atomic E-state index is -3.90. The smallest absolute Gasteiger partial charge is 0.339 e. The van der Waals surface area contributed by atoms with E-state index in [1.807, 2.05) is 26.0 Å². The predicted octanol–water partition coefficient (Wildman–Crippen LogP) is 3.31. The zero-order chi connectivity index (χ0) is 24.2. The molecule has 0 aromatic heterocycles. The zero-order valence-electron chi connectivity index (χ0n) is 18.9. The Bertz CT molecular complexity index is 1180. The van der Waals surface area contributed by atoms with Crippen LogP contribution >= 0.6 is 0 Å². The third kappa shape index (κ3) is 5.24. The van der Waals surface area contributed by atoms with Crippen LogP contribution in [0.1, 0.15) is 42.6 Å². The highest BCUT2D eigenvalue weighted by Crippen LogP contribution is 2.28. The molecule has 3 rings (SSSR count). The van der Waals surface area contributed by atoms with Crippen molar-refractivity contribution in [3.63, 3.8) is 0 Å². The van der Waals surface area contributed by atoms with Gasteiger partial charge in [-0.2, -0.15) is 9.57 Å². The van der Waals surface area contributed by atoms with E-state index in [2.05, 4.69) is 11.4 Å². The van der Waals surface area contributed by atoms with Crippen LogP contribution in [0.2, 0.25) is 0 Å². The number of sulfonamides is 1. The lowest BCUT2D eigenvalue weighted by Gasteiger charge is -2.31. The second-order valence-corrected chi connectivity index (χ2v) is 10.4. The van der Waals surface area contributed by atoms with Crippen LogP contribution < -0.4 is 5.32 Å². The molecule has 174 valence electrons. The highest BCUT2D eigenvalue weighted by atomic mass is 32.2. The molecule has 1 heterocycles. The van der Waals surface area contributed by atoms with Crippen molar-refractivity contribution in [2.24, 2.45) is 5.92 Å². The summed E-state index contributed by atoms with van der Waals surface area (Å²) in [6.07, 6.45) is 0.732. The number of anilines is 1. The molecule has 0 atom stereocenters. The van der Waals surface area contributed by atoms with E-state index in [9.17, 15) is 23.3 Å². The molecule has 1 aliphatic rings. The molecule has 1 saturated heterocycles. The first-order chi connectivity index (χ1) is 15.6. The maximum atomic E-state index is 13.1. The largest absolute Gasteiger partial charge is 0.465 e. The van der Waals surface area contributed by atoms with Crippen LogP contribution in [0, 0.1) is 17.2 Å². The summed E-state index contributed by atoms with van der Waals surface area (Å²) in [4.78, 5) is 24.6. The summed E-state index contributed by atoms with van der Waals surface area (Å²) in [5.41, 5.74) is 0.851. The van der Waals surface area contributed by atoms with Crippen LogP contribution in [0.5, 0.6) is 0 Å². The van der Waals surface area contributed by atoms with Crippen LogP contribution in [-0.4, -0.2) is 44.8 Å². The number of hydrogen-bond donors (Lipinski definition) is 1. The molecular formula is C24H27N3O5S. The van der Waals surface area contributed by atoms with Crippen LogP contribution in [-0.2, 0) is 25.0 Å². The minimum absolute atomic E-state index is 0.0112. The number of carbonyl (C=O) groups excluding carboxylic acids is 2. The van der Waals surface area contributed by atoms with Crippen LogP contribution in [0.4, 0.5) is 5.69 Å². The van der Waals surface area contributed by atoms with Crippen molar-refractivity contribution in [2.75, 3.05) is 25.5 Å². The average Bonchev–Trinajstić information content (AvgIpc) is 2.84. The number of nitrogens with zero attached hydrogens (tertiary/aromatic N) is 2. The molecule has 0 aliphatic carbocycles. The van der Waals surface area contributed by atoms with E-state index in [1.165, 1.54) is 23.5 Å². The highest BCUT2D eigenvalue weighted by molar-refractivity contribution is 7.89. The number of benzene rings is 2. The van der Waals surface area contributed by atoms with Gasteiger partial charge in [0.2, 0.25) is 15.9 Å². The Morgan fingerprint density at radius 1 is 1.09 bits per heavy atom. The Balaban J connectivity index is 1.65. The third-order valence-corrected chi connectivity index (χ3v) is 7.85. The lowest BCUT2D eigenvalue weighted by atomic mass is 9.86. The van der Waals surface area contributed by atoms with Gasteiger partial charge in [-0.15, -0.1) is 0 Å². The van der Waals surface area contributed by atoms with E-state index in [0.29, 0.717) is 18.5 Å². The van der Waals surface area contributed by atoms with Gasteiger partial charge in [0.25, 0.3) is 0 Å². The standard InChI is InChI=1S/C24H27N3O5S/c1-24(2,16-25)18-8-10-19(11-9-18)26-22(28)17-12-14-27(15-13-17)33(30,31)21-7-5-4-6-20(21)23(29)32-3/h4-11,17H,12-15H2,1-3H3,(H,26,28). The lowest BCUT2D eigenvalue weighted by molar-refractivity contribution is -0.120. The van der Waals surface area contributed by atoms with E-state index in [4.69, 9.17) is 4.74 Å². The number of carbonyl (C=O) groups is 2. The van der Waals surface area contributed by atoms with Gasteiger partial charge in [0.15, 0.2) is 0 Å². The Kier molecular flexibility index (Phi) is 7.20. The molecule has 1 aliphatic heterocycles. The van der Waals surface area contributed by atoms with Gasteiger partial charge in [-0.3, -0.25) is 4.79 Å². The molecule has 0 radical (unpaired) electrons. The van der Waals surface area contributed by atoms with Gasteiger partial charge >= 0.3 is 5.97 Å². The SMILES string of the molecule is COC(=O)c1ccccc1S(=O)(=O)N1CCC(C(=O)Nc2ccc(C(C)(C)C#N)cc2)CC1. The van der Waals surface area contributed by atoms with Crippen molar-refractivity contribution in [1.29, 1.82) is 5.26 Å².